The first-order chi connectivity index (χ1) is 14.4. The maximum atomic E-state index is 12.0. The second-order valence-electron chi connectivity index (χ2n) is 10.8. The van der Waals surface area contributed by atoms with Gasteiger partial charge in [-0.05, 0) is 87.5 Å². The van der Waals surface area contributed by atoms with Crippen molar-refractivity contribution in [1.82, 2.24) is 0 Å². The Labute approximate surface area is 186 Å². The highest BCUT2D eigenvalue weighted by molar-refractivity contribution is 5.78. The standard InChI is InChI=1S/C26H40O5/c1-16(15-31-24(29)25(3,4)30)20-10-11-21-19(7-6-12-26(20,21)5)9-8-18-13-22(27)17(2)23(28)14-18/h8-9,16,20-23,27-28,30H,2,6-7,10-15H2,1,3-5H3/t16-,20-,21+,22-,23-,26-/m1/s1. The number of carbonyl (C=O) groups excluding carboxylic acids is 1. The van der Waals surface area contributed by atoms with E-state index in [9.17, 15) is 20.1 Å². The van der Waals surface area contributed by atoms with Gasteiger partial charge in [0.05, 0.1) is 18.8 Å². The Hall–Kier alpha value is -1.43. The molecule has 6 atom stereocenters. The average Bonchev–Trinajstić information content (AvgIpc) is 3.05. The van der Waals surface area contributed by atoms with Gasteiger partial charge < -0.3 is 20.1 Å². The highest BCUT2D eigenvalue weighted by Gasteiger charge is 2.50. The monoisotopic (exact) mass is 432 g/mol. The molecule has 5 heteroatoms. The van der Waals surface area contributed by atoms with Crippen molar-refractivity contribution in [3.8, 4) is 0 Å². The molecule has 0 aromatic carbocycles. The van der Waals surface area contributed by atoms with Gasteiger partial charge in [0, 0.05) is 0 Å². The molecule has 0 amide bonds. The highest BCUT2D eigenvalue weighted by atomic mass is 16.5. The van der Waals surface area contributed by atoms with Gasteiger partial charge in [-0.15, -0.1) is 0 Å². The van der Waals surface area contributed by atoms with Crippen LogP contribution < -0.4 is 0 Å². The summed E-state index contributed by atoms with van der Waals surface area (Å²) in [5.41, 5.74) is 1.80. The molecule has 0 unspecified atom stereocenters. The van der Waals surface area contributed by atoms with Gasteiger partial charge in [0.2, 0.25) is 0 Å². The summed E-state index contributed by atoms with van der Waals surface area (Å²) in [6.45, 7) is 11.6. The highest BCUT2D eigenvalue weighted by Crippen LogP contribution is 2.59. The molecule has 5 nitrogen and oxygen atoms in total. The zero-order chi connectivity index (χ0) is 23.0. The lowest BCUT2D eigenvalue weighted by Crippen LogP contribution is -2.39. The van der Waals surface area contributed by atoms with E-state index in [0.29, 0.717) is 36.9 Å². The molecular formula is C26H40O5. The number of allylic oxidation sites excluding steroid dienone is 3. The van der Waals surface area contributed by atoms with E-state index >= 15 is 0 Å². The fraction of sp³-hybridized carbons (Fsp3) is 0.731. The van der Waals surface area contributed by atoms with Crippen molar-refractivity contribution in [2.24, 2.45) is 23.2 Å². The zero-order valence-corrected chi connectivity index (χ0v) is 19.6. The SMILES string of the molecule is C=C1[C@H](O)CC(=CC=C2CCC[C@]3(C)[C@@H]([C@H](C)COC(=O)C(C)(C)O)CC[C@@H]23)C[C@H]1O. The molecule has 0 bridgehead atoms. The molecule has 0 spiro atoms. The molecule has 3 saturated carbocycles. The topological polar surface area (TPSA) is 87.0 Å². The van der Waals surface area contributed by atoms with Crippen LogP contribution in [0.3, 0.4) is 0 Å². The van der Waals surface area contributed by atoms with Crippen LogP contribution in [0.15, 0.2) is 35.5 Å². The molecule has 0 aromatic rings. The van der Waals surface area contributed by atoms with Gasteiger partial charge >= 0.3 is 5.97 Å². The van der Waals surface area contributed by atoms with Crippen molar-refractivity contribution >= 4 is 5.97 Å². The summed E-state index contributed by atoms with van der Waals surface area (Å²) >= 11 is 0. The van der Waals surface area contributed by atoms with Crippen LogP contribution in [0.5, 0.6) is 0 Å². The summed E-state index contributed by atoms with van der Waals surface area (Å²) in [6, 6.07) is 0. The van der Waals surface area contributed by atoms with Crippen LogP contribution in [0.4, 0.5) is 0 Å². The van der Waals surface area contributed by atoms with Crippen LogP contribution in [0.2, 0.25) is 0 Å². The minimum Gasteiger partial charge on any atom is -0.463 e. The van der Waals surface area contributed by atoms with Crippen molar-refractivity contribution < 1.29 is 24.9 Å². The number of esters is 1. The molecule has 3 N–H and O–H groups in total. The number of ether oxygens (including phenoxy) is 1. The molecule has 0 radical (unpaired) electrons. The van der Waals surface area contributed by atoms with E-state index in [4.69, 9.17) is 4.74 Å². The van der Waals surface area contributed by atoms with Crippen LogP contribution in [-0.2, 0) is 9.53 Å². The van der Waals surface area contributed by atoms with Gasteiger partial charge in [-0.3, -0.25) is 0 Å². The summed E-state index contributed by atoms with van der Waals surface area (Å²) in [4.78, 5) is 12.0. The predicted octanol–water partition coefficient (Wildman–Crippen LogP) is 4.08. The molecule has 0 saturated heterocycles. The maximum Gasteiger partial charge on any atom is 0.337 e. The third-order valence-corrected chi connectivity index (χ3v) is 8.00. The number of carbonyl (C=O) groups is 1. The first kappa shape index (κ1) is 24.2. The minimum atomic E-state index is -1.46. The maximum absolute atomic E-state index is 12.0. The van der Waals surface area contributed by atoms with E-state index in [2.05, 4.69) is 32.6 Å². The summed E-state index contributed by atoms with van der Waals surface area (Å²) in [7, 11) is 0. The van der Waals surface area contributed by atoms with Crippen LogP contribution in [0.25, 0.3) is 0 Å². The Morgan fingerprint density at radius 3 is 2.52 bits per heavy atom. The molecule has 0 aromatic heterocycles. The van der Waals surface area contributed by atoms with E-state index in [1.165, 1.54) is 25.8 Å². The van der Waals surface area contributed by atoms with Gasteiger partial charge in [0.15, 0.2) is 5.60 Å². The van der Waals surface area contributed by atoms with E-state index in [1.807, 2.05) is 0 Å². The molecule has 3 rings (SSSR count). The number of hydrogen-bond acceptors (Lipinski definition) is 5. The van der Waals surface area contributed by atoms with Crippen molar-refractivity contribution in [3.05, 3.63) is 35.5 Å². The number of fused-ring (bicyclic) bond motifs is 1. The summed E-state index contributed by atoms with van der Waals surface area (Å²) in [6.07, 6.45) is 9.82. The van der Waals surface area contributed by atoms with Gasteiger partial charge in [-0.2, -0.15) is 0 Å². The van der Waals surface area contributed by atoms with Crippen LogP contribution in [0.1, 0.15) is 72.6 Å². The normalized spacial score (nSPS) is 36.3. The summed E-state index contributed by atoms with van der Waals surface area (Å²) in [5, 5.41) is 30.0. The van der Waals surface area contributed by atoms with Crippen molar-refractivity contribution in [3.63, 3.8) is 0 Å². The second kappa shape index (κ2) is 9.21. The van der Waals surface area contributed by atoms with Gasteiger partial charge in [0.25, 0.3) is 0 Å². The fourth-order valence-electron chi connectivity index (χ4n) is 6.14. The smallest absolute Gasteiger partial charge is 0.337 e. The number of aliphatic hydroxyl groups excluding tert-OH is 2. The lowest BCUT2D eigenvalue weighted by atomic mass is 9.61. The third-order valence-electron chi connectivity index (χ3n) is 8.00. The number of hydrogen-bond donors (Lipinski definition) is 3. The first-order valence-corrected chi connectivity index (χ1v) is 11.8. The third kappa shape index (κ3) is 5.15. The Kier molecular flexibility index (Phi) is 7.19. The van der Waals surface area contributed by atoms with Crippen molar-refractivity contribution in [2.45, 2.75) is 90.4 Å². The quantitative estimate of drug-likeness (QED) is 0.450. The molecule has 3 fully saturated rings. The molecule has 174 valence electrons. The van der Waals surface area contributed by atoms with E-state index in [-0.39, 0.29) is 11.3 Å². The molecule has 3 aliphatic carbocycles. The minimum absolute atomic E-state index is 0.184. The molecule has 0 heterocycles. The second-order valence-corrected chi connectivity index (χ2v) is 10.8. The van der Waals surface area contributed by atoms with Crippen LogP contribution in [-0.4, -0.2) is 45.7 Å². The van der Waals surface area contributed by atoms with Crippen LogP contribution >= 0.6 is 0 Å². The lowest BCUT2D eigenvalue weighted by molar-refractivity contribution is -0.164. The van der Waals surface area contributed by atoms with Gasteiger partial charge in [-0.25, -0.2) is 4.79 Å². The van der Waals surface area contributed by atoms with E-state index in [1.54, 1.807) is 0 Å². The van der Waals surface area contributed by atoms with Crippen molar-refractivity contribution in [2.75, 3.05) is 6.61 Å². The molecule has 0 aliphatic heterocycles. The number of rotatable bonds is 5. The fourth-order valence-corrected chi connectivity index (χ4v) is 6.14. The number of aliphatic hydroxyl groups is 3. The Bertz CT molecular complexity index is 742. The predicted molar refractivity (Wildman–Crippen MR) is 121 cm³/mol. The lowest BCUT2D eigenvalue weighted by Gasteiger charge is -2.44. The largest absolute Gasteiger partial charge is 0.463 e. The van der Waals surface area contributed by atoms with E-state index in [0.717, 1.165) is 31.3 Å². The zero-order valence-electron chi connectivity index (χ0n) is 19.6. The Morgan fingerprint density at radius 1 is 1.26 bits per heavy atom. The van der Waals surface area contributed by atoms with Gasteiger partial charge in [0.1, 0.15) is 0 Å². The summed E-state index contributed by atoms with van der Waals surface area (Å²) in [5.74, 6) is 0.678. The van der Waals surface area contributed by atoms with Crippen LogP contribution in [0, 0.1) is 23.2 Å². The molecule has 3 aliphatic rings. The Balaban J connectivity index is 1.69. The summed E-state index contributed by atoms with van der Waals surface area (Å²) < 4.78 is 5.42. The average molecular weight is 433 g/mol. The molecular weight excluding hydrogens is 392 g/mol. The van der Waals surface area contributed by atoms with Gasteiger partial charge in [-0.1, -0.05) is 43.7 Å². The Morgan fingerprint density at radius 2 is 1.90 bits per heavy atom. The van der Waals surface area contributed by atoms with E-state index < -0.39 is 23.8 Å². The molecule has 31 heavy (non-hydrogen) atoms. The first-order valence-electron chi connectivity index (χ1n) is 11.8. The van der Waals surface area contributed by atoms with Crippen molar-refractivity contribution in [1.29, 1.82) is 0 Å².